The van der Waals surface area contributed by atoms with Gasteiger partial charge in [0.05, 0.1) is 0 Å². The number of nitrogens with two attached hydrogens (primary N) is 2. The van der Waals surface area contributed by atoms with E-state index in [0.29, 0.717) is 0 Å². The number of unbranched alkanes of at least 4 members (excludes halogenated alkanes) is 17. The molecule has 0 bridgehead atoms. The van der Waals surface area contributed by atoms with Crippen LogP contribution in [0.5, 0.6) is 0 Å². The van der Waals surface area contributed by atoms with Crippen molar-refractivity contribution in [2.24, 2.45) is 0 Å². The average Bonchev–Trinajstić information content (AvgIpc) is 3.18. The van der Waals surface area contributed by atoms with Crippen molar-refractivity contribution in [3.05, 3.63) is 129 Å². The molecule has 4 rings (SSSR count). The molecule has 54 heavy (non-hydrogen) atoms. The topological polar surface area (TPSA) is 52.0 Å². The van der Waals surface area contributed by atoms with Crippen LogP contribution in [-0.4, -0.2) is 0 Å². The Hall–Kier alpha value is -3.52. The van der Waals surface area contributed by atoms with Crippen LogP contribution in [0.4, 0.5) is 11.4 Å². The summed E-state index contributed by atoms with van der Waals surface area (Å²) in [6.07, 6.45) is 34.4. The van der Waals surface area contributed by atoms with Gasteiger partial charge in [-0.2, -0.15) is 0 Å². The summed E-state index contributed by atoms with van der Waals surface area (Å²) in [5, 5.41) is 0. The Kier molecular flexibility index (Phi) is 21.1. The molecule has 0 atom stereocenters. The lowest BCUT2D eigenvalue weighted by Gasteiger charge is -2.13. The summed E-state index contributed by atoms with van der Waals surface area (Å²) in [5.41, 5.74) is 25.3. The molecule has 0 amide bonds. The van der Waals surface area contributed by atoms with E-state index in [1.54, 1.807) is 11.1 Å². The maximum atomic E-state index is 5.90. The molecular weight excluding hydrogens is 653 g/mol. The van der Waals surface area contributed by atoms with Crippen LogP contribution in [0.3, 0.4) is 0 Å². The van der Waals surface area contributed by atoms with E-state index < -0.39 is 0 Å². The van der Waals surface area contributed by atoms with Gasteiger partial charge in [0.2, 0.25) is 0 Å². The third kappa shape index (κ3) is 17.3. The number of anilines is 2. The lowest BCUT2D eigenvalue weighted by molar-refractivity contribution is 0.528. The predicted molar refractivity (Wildman–Crippen MR) is 239 cm³/mol. The fraction of sp³-hybridized carbons (Fsp3) is 0.538. The molecule has 294 valence electrons. The Labute approximate surface area is 332 Å². The van der Waals surface area contributed by atoms with Crippen LogP contribution in [0.15, 0.2) is 84.9 Å². The van der Waals surface area contributed by atoms with Gasteiger partial charge >= 0.3 is 0 Å². The quantitative estimate of drug-likeness (QED) is 0.0432. The van der Waals surface area contributed by atoms with Crippen LogP contribution in [-0.2, 0) is 38.5 Å². The fourth-order valence-corrected chi connectivity index (χ4v) is 8.06. The van der Waals surface area contributed by atoms with Gasteiger partial charge in [0, 0.05) is 11.4 Å². The highest BCUT2D eigenvalue weighted by molar-refractivity contribution is 5.43. The van der Waals surface area contributed by atoms with Gasteiger partial charge in [0.25, 0.3) is 0 Å². The van der Waals surface area contributed by atoms with Gasteiger partial charge in [-0.15, -0.1) is 0 Å². The molecule has 0 aliphatic rings. The van der Waals surface area contributed by atoms with Crippen LogP contribution in [0.2, 0.25) is 0 Å². The van der Waals surface area contributed by atoms with E-state index in [4.69, 9.17) is 11.5 Å². The van der Waals surface area contributed by atoms with E-state index >= 15 is 0 Å². The number of hydrogen-bond acceptors (Lipinski definition) is 2. The van der Waals surface area contributed by atoms with E-state index in [1.807, 2.05) is 24.3 Å². The number of hydrogen-bond donors (Lipinski definition) is 2. The summed E-state index contributed by atoms with van der Waals surface area (Å²) < 4.78 is 0. The Morgan fingerprint density at radius 1 is 0.296 bits per heavy atom. The molecule has 0 unspecified atom stereocenters. The van der Waals surface area contributed by atoms with Crippen molar-refractivity contribution in [1.29, 1.82) is 0 Å². The molecule has 0 aliphatic carbocycles. The number of rotatable bonds is 29. The molecule has 0 fully saturated rings. The molecule has 0 heterocycles. The van der Waals surface area contributed by atoms with Gasteiger partial charge in [-0.3, -0.25) is 0 Å². The molecule has 2 heteroatoms. The smallest absolute Gasteiger partial charge is 0.0314 e. The van der Waals surface area contributed by atoms with E-state index in [2.05, 4.69) is 74.5 Å². The summed E-state index contributed by atoms with van der Waals surface area (Å²) in [7, 11) is 0. The first-order valence-electron chi connectivity index (χ1n) is 22.4. The number of nitrogen functional groups attached to an aromatic ring is 2. The van der Waals surface area contributed by atoms with Gasteiger partial charge in [-0.25, -0.2) is 0 Å². The van der Waals surface area contributed by atoms with Crippen molar-refractivity contribution in [3.63, 3.8) is 0 Å². The summed E-state index contributed by atoms with van der Waals surface area (Å²) in [6, 6.07) is 31.4. The van der Waals surface area contributed by atoms with Crippen molar-refractivity contribution in [3.8, 4) is 0 Å². The Morgan fingerprint density at radius 2 is 0.593 bits per heavy atom. The largest absolute Gasteiger partial charge is 0.399 e. The highest BCUT2D eigenvalue weighted by Crippen LogP contribution is 2.23. The Balaban J connectivity index is 0.961. The first kappa shape index (κ1) is 43.2. The van der Waals surface area contributed by atoms with Gasteiger partial charge in [-0.1, -0.05) is 177 Å². The van der Waals surface area contributed by atoms with Gasteiger partial charge < -0.3 is 11.5 Å². The van der Waals surface area contributed by atoms with Crippen molar-refractivity contribution in [2.45, 2.75) is 181 Å². The molecule has 4 N–H and O–H groups in total. The molecule has 4 aromatic rings. The minimum Gasteiger partial charge on any atom is -0.399 e. The summed E-state index contributed by atoms with van der Waals surface area (Å²) in [6.45, 7) is 4.59. The standard InChI is InChI=1S/C52H76N2/c1-3-5-25-47-39-43(27-33-49(47)41-45-29-35-51(53)36-30-45)23-21-19-17-15-13-11-9-7-8-10-12-14-16-18-20-22-24-44-28-34-50(48(40-44)26-6-4-2)42-46-31-37-52(54)38-32-46/h27-40H,3-26,41-42,53-54H2,1-2H3. The molecule has 0 radical (unpaired) electrons. The minimum atomic E-state index is 0.843. The van der Waals surface area contributed by atoms with Gasteiger partial charge in [0.15, 0.2) is 0 Å². The zero-order chi connectivity index (χ0) is 38.1. The van der Waals surface area contributed by atoms with Crippen LogP contribution >= 0.6 is 0 Å². The number of benzene rings is 4. The Bertz CT molecular complexity index is 1430. The molecule has 0 aliphatic heterocycles. The zero-order valence-electron chi connectivity index (χ0n) is 34.6. The maximum Gasteiger partial charge on any atom is 0.0314 e. The normalized spacial score (nSPS) is 11.4. The zero-order valence-corrected chi connectivity index (χ0v) is 34.6. The Morgan fingerprint density at radius 3 is 0.907 bits per heavy atom. The second kappa shape index (κ2) is 26.3. The van der Waals surface area contributed by atoms with E-state index in [0.717, 1.165) is 24.2 Å². The summed E-state index contributed by atoms with van der Waals surface area (Å²) in [5.74, 6) is 0. The lowest BCUT2D eigenvalue weighted by atomic mass is 9.93. The predicted octanol–water partition coefficient (Wildman–Crippen LogP) is 14.7. The van der Waals surface area contributed by atoms with Crippen LogP contribution in [0.1, 0.15) is 187 Å². The highest BCUT2D eigenvalue weighted by Gasteiger charge is 2.08. The van der Waals surface area contributed by atoms with Gasteiger partial charge in [-0.05, 0) is 133 Å². The molecule has 0 saturated carbocycles. The van der Waals surface area contributed by atoms with Crippen LogP contribution < -0.4 is 11.5 Å². The van der Waals surface area contributed by atoms with Crippen molar-refractivity contribution >= 4 is 11.4 Å². The second-order valence-electron chi connectivity index (χ2n) is 16.4. The van der Waals surface area contributed by atoms with E-state index in [-0.39, 0.29) is 0 Å². The van der Waals surface area contributed by atoms with Crippen LogP contribution in [0.25, 0.3) is 0 Å². The first-order valence-corrected chi connectivity index (χ1v) is 22.4. The average molecular weight is 729 g/mol. The third-order valence-electron chi connectivity index (χ3n) is 11.6. The molecule has 0 spiro atoms. The highest BCUT2D eigenvalue weighted by atomic mass is 14.5. The van der Waals surface area contributed by atoms with E-state index in [1.165, 1.54) is 187 Å². The molecular formula is C52H76N2. The molecule has 4 aromatic carbocycles. The minimum absolute atomic E-state index is 0.843. The molecule has 0 saturated heterocycles. The van der Waals surface area contributed by atoms with Crippen molar-refractivity contribution < 1.29 is 0 Å². The molecule has 2 nitrogen and oxygen atoms in total. The van der Waals surface area contributed by atoms with E-state index in [9.17, 15) is 0 Å². The lowest BCUT2D eigenvalue weighted by Crippen LogP contribution is -1.99. The summed E-state index contributed by atoms with van der Waals surface area (Å²) >= 11 is 0. The van der Waals surface area contributed by atoms with Crippen molar-refractivity contribution in [2.75, 3.05) is 11.5 Å². The van der Waals surface area contributed by atoms with Crippen LogP contribution in [0, 0.1) is 0 Å². The SMILES string of the molecule is CCCCc1cc(CCCCCCCCCCCCCCCCCCc2ccc(Cc3ccc(N)cc3)c(CCCC)c2)ccc1Cc1ccc(N)cc1. The molecule has 0 aromatic heterocycles. The third-order valence-corrected chi connectivity index (χ3v) is 11.6. The number of aryl methyl sites for hydroxylation is 4. The second-order valence-corrected chi connectivity index (χ2v) is 16.4. The monoisotopic (exact) mass is 729 g/mol. The maximum absolute atomic E-state index is 5.90. The first-order chi connectivity index (χ1) is 26.5. The fourth-order valence-electron chi connectivity index (χ4n) is 8.06. The van der Waals surface area contributed by atoms with Gasteiger partial charge in [0.1, 0.15) is 0 Å². The summed E-state index contributed by atoms with van der Waals surface area (Å²) in [4.78, 5) is 0. The van der Waals surface area contributed by atoms with Crippen molar-refractivity contribution in [1.82, 2.24) is 0 Å².